The smallest absolute Gasteiger partial charge is 0.0492 e. The standard InChI is InChI=1S/C40H34N2S2/c1-23-5-13-27(14-6-23)33-31(41)21-22-32-38(33)44-39-35(29-17-9-25(3)10-18-29)34(28-15-7-24(2)8-16-28)37(42)36(40(39)43-32)30-19-11-26(4)12-20-30/h5-22H,41-42H2,1-4H3. The molecule has 6 aromatic rings. The third-order valence-corrected chi connectivity index (χ3v) is 11.1. The van der Waals surface area contributed by atoms with Gasteiger partial charge in [0, 0.05) is 53.2 Å². The Kier molecular flexibility index (Phi) is 7.28. The van der Waals surface area contributed by atoms with Crippen molar-refractivity contribution >= 4 is 34.9 Å². The summed E-state index contributed by atoms with van der Waals surface area (Å²) in [5.74, 6) is 0. The molecule has 0 saturated heterocycles. The lowest BCUT2D eigenvalue weighted by atomic mass is 9.88. The Labute approximate surface area is 268 Å². The number of nitrogens with two attached hydrogens (primary N) is 2. The van der Waals surface area contributed by atoms with Crippen LogP contribution in [0.4, 0.5) is 11.4 Å². The Bertz CT molecular complexity index is 2020. The van der Waals surface area contributed by atoms with Crippen molar-refractivity contribution < 1.29 is 0 Å². The highest BCUT2D eigenvalue weighted by Gasteiger charge is 2.32. The number of fused-ring (bicyclic) bond motifs is 2. The molecule has 1 heterocycles. The van der Waals surface area contributed by atoms with Crippen LogP contribution in [0.25, 0.3) is 44.5 Å². The molecule has 4 heteroatoms. The van der Waals surface area contributed by atoms with E-state index < -0.39 is 0 Å². The highest BCUT2D eigenvalue weighted by atomic mass is 32.2. The molecule has 2 nitrogen and oxygen atoms in total. The quantitative estimate of drug-likeness (QED) is 0.196. The summed E-state index contributed by atoms with van der Waals surface area (Å²) in [6.45, 7) is 8.50. The van der Waals surface area contributed by atoms with Crippen LogP contribution in [-0.2, 0) is 0 Å². The van der Waals surface area contributed by atoms with Crippen molar-refractivity contribution in [1.82, 2.24) is 0 Å². The van der Waals surface area contributed by atoms with Gasteiger partial charge in [-0.2, -0.15) is 0 Å². The minimum absolute atomic E-state index is 0.786. The lowest BCUT2D eigenvalue weighted by Gasteiger charge is -2.30. The van der Waals surface area contributed by atoms with Crippen LogP contribution < -0.4 is 11.5 Å². The minimum Gasteiger partial charge on any atom is -0.398 e. The summed E-state index contributed by atoms with van der Waals surface area (Å²) < 4.78 is 0. The van der Waals surface area contributed by atoms with Crippen LogP contribution in [-0.4, -0.2) is 0 Å². The van der Waals surface area contributed by atoms with E-state index in [1.165, 1.54) is 41.8 Å². The second-order valence-electron chi connectivity index (χ2n) is 11.7. The van der Waals surface area contributed by atoms with Crippen LogP contribution in [0.1, 0.15) is 22.3 Å². The van der Waals surface area contributed by atoms with Gasteiger partial charge in [0.15, 0.2) is 0 Å². The van der Waals surface area contributed by atoms with Gasteiger partial charge in [0.05, 0.1) is 0 Å². The van der Waals surface area contributed by atoms with Crippen molar-refractivity contribution in [3.05, 3.63) is 131 Å². The van der Waals surface area contributed by atoms with Gasteiger partial charge in [-0.25, -0.2) is 0 Å². The van der Waals surface area contributed by atoms with Gasteiger partial charge in [-0.05, 0) is 62.1 Å². The molecule has 1 aliphatic rings. The molecule has 0 bridgehead atoms. The van der Waals surface area contributed by atoms with Gasteiger partial charge in [-0.15, -0.1) is 0 Å². The molecule has 0 unspecified atom stereocenters. The van der Waals surface area contributed by atoms with Crippen molar-refractivity contribution in [3.8, 4) is 44.5 Å². The van der Waals surface area contributed by atoms with Gasteiger partial charge < -0.3 is 11.5 Å². The van der Waals surface area contributed by atoms with Gasteiger partial charge in [0.25, 0.3) is 0 Å². The molecule has 216 valence electrons. The van der Waals surface area contributed by atoms with E-state index in [9.17, 15) is 0 Å². The van der Waals surface area contributed by atoms with Crippen molar-refractivity contribution in [2.24, 2.45) is 0 Å². The maximum Gasteiger partial charge on any atom is 0.0492 e. The maximum atomic E-state index is 7.35. The highest BCUT2D eigenvalue weighted by Crippen LogP contribution is 2.61. The predicted octanol–water partition coefficient (Wildman–Crippen LogP) is 11.4. The number of anilines is 2. The number of benzene rings is 6. The molecular weight excluding hydrogens is 573 g/mol. The van der Waals surface area contributed by atoms with E-state index in [0.29, 0.717) is 0 Å². The Hall–Kier alpha value is -4.38. The first kappa shape index (κ1) is 28.4. The first-order valence-corrected chi connectivity index (χ1v) is 16.5. The van der Waals surface area contributed by atoms with Crippen molar-refractivity contribution in [3.63, 3.8) is 0 Å². The highest BCUT2D eigenvalue weighted by molar-refractivity contribution is 8.05. The summed E-state index contributed by atoms with van der Waals surface area (Å²) >= 11 is 3.63. The summed E-state index contributed by atoms with van der Waals surface area (Å²) in [5, 5.41) is 0. The van der Waals surface area contributed by atoms with E-state index >= 15 is 0 Å². The Morgan fingerprint density at radius 3 is 1.23 bits per heavy atom. The SMILES string of the molecule is Cc1ccc(-c2c(N)ccc3c2Sc2c(c(-c4ccc(C)cc4)c(N)c(-c4ccc(C)cc4)c2-c2ccc(C)cc2)S3)cc1. The first-order valence-electron chi connectivity index (χ1n) is 14.8. The van der Waals surface area contributed by atoms with Crippen LogP contribution in [0.3, 0.4) is 0 Å². The van der Waals surface area contributed by atoms with Crippen LogP contribution >= 0.6 is 23.5 Å². The summed E-state index contributed by atoms with van der Waals surface area (Å²) in [5.41, 5.74) is 29.5. The molecule has 0 saturated carbocycles. The Balaban J connectivity index is 1.58. The average molecular weight is 607 g/mol. The summed E-state index contributed by atoms with van der Waals surface area (Å²) in [6, 6.07) is 39.2. The van der Waals surface area contributed by atoms with E-state index in [0.717, 1.165) is 55.9 Å². The zero-order chi connectivity index (χ0) is 30.5. The Morgan fingerprint density at radius 2 is 0.750 bits per heavy atom. The fraction of sp³-hybridized carbons (Fsp3) is 0.100. The van der Waals surface area contributed by atoms with Gasteiger partial charge >= 0.3 is 0 Å². The Morgan fingerprint density at radius 1 is 0.364 bits per heavy atom. The average Bonchev–Trinajstić information content (AvgIpc) is 3.02. The zero-order valence-electron chi connectivity index (χ0n) is 25.4. The van der Waals surface area contributed by atoms with Crippen LogP contribution in [0.15, 0.2) is 129 Å². The predicted molar refractivity (Wildman–Crippen MR) is 191 cm³/mol. The first-order chi connectivity index (χ1) is 21.3. The molecule has 0 aromatic heterocycles. The summed E-state index contributed by atoms with van der Waals surface area (Å²) in [7, 11) is 0. The minimum atomic E-state index is 0.786. The van der Waals surface area contributed by atoms with Crippen molar-refractivity contribution in [1.29, 1.82) is 0 Å². The molecule has 0 fully saturated rings. The van der Waals surface area contributed by atoms with E-state index in [2.05, 4.69) is 131 Å². The molecule has 6 aromatic carbocycles. The van der Waals surface area contributed by atoms with Crippen LogP contribution in [0.2, 0.25) is 0 Å². The molecule has 1 aliphatic heterocycles. The van der Waals surface area contributed by atoms with Gasteiger partial charge in [0.1, 0.15) is 0 Å². The van der Waals surface area contributed by atoms with Crippen molar-refractivity contribution in [2.45, 2.75) is 47.3 Å². The number of rotatable bonds is 4. The van der Waals surface area contributed by atoms with E-state index in [1.807, 2.05) is 17.8 Å². The van der Waals surface area contributed by atoms with Crippen LogP contribution in [0, 0.1) is 27.7 Å². The largest absolute Gasteiger partial charge is 0.398 e. The van der Waals surface area contributed by atoms with Crippen LogP contribution in [0.5, 0.6) is 0 Å². The van der Waals surface area contributed by atoms with Gasteiger partial charge in [-0.3, -0.25) is 0 Å². The molecule has 4 N–H and O–H groups in total. The second-order valence-corrected chi connectivity index (χ2v) is 13.8. The molecule has 0 aliphatic carbocycles. The summed E-state index contributed by atoms with van der Waals surface area (Å²) in [4.78, 5) is 4.78. The number of aryl methyl sites for hydroxylation is 4. The van der Waals surface area contributed by atoms with E-state index in [1.54, 1.807) is 11.8 Å². The topological polar surface area (TPSA) is 52.0 Å². The summed E-state index contributed by atoms with van der Waals surface area (Å²) in [6.07, 6.45) is 0. The molecule has 44 heavy (non-hydrogen) atoms. The van der Waals surface area contributed by atoms with Crippen molar-refractivity contribution in [2.75, 3.05) is 11.5 Å². The molecular formula is C40H34N2S2. The molecule has 0 atom stereocenters. The molecule has 0 radical (unpaired) electrons. The third kappa shape index (κ3) is 4.98. The third-order valence-electron chi connectivity index (χ3n) is 8.38. The lowest BCUT2D eigenvalue weighted by Crippen LogP contribution is -2.05. The normalized spacial score (nSPS) is 12.1. The number of hydrogen-bond donors (Lipinski definition) is 2. The number of nitrogen functional groups attached to an aromatic ring is 2. The number of hydrogen-bond acceptors (Lipinski definition) is 4. The molecule has 0 spiro atoms. The van der Waals surface area contributed by atoms with E-state index in [4.69, 9.17) is 11.5 Å². The fourth-order valence-corrected chi connectivity index (χ4v) is 8.73. The van der Waals surface area contributed by atoms with E-state index in [-0.39, 0.29) is 0 Å². The molecule has 0 amide bonds. The monoisotopic (exact) mass is 606 g/mol. The lowest BCUT2D eigenvalue weighted by molar-refractivity contribution is 1.17. The fourth-order valence-electron chi connectivity index (χ4n) is 5.93. The van der Waals surface area contributed by atoms with Gasteiger partial charge in [0.2, 0.25) is 0 Å². The molecule has 7 rings (SSSR count). The second kappa shape index (κ2) is 11.3. The maximum absolute atomic E-state index is 7.35. The van der Waals surface area contributed by atoms with Gasteiger partial charge in [-0.1, -0.05) is 143 Å². The zero-order valence-corrected chi connectivity index (χ0v) is 27.0.